The summed E-state index contributed by atoms with van der Waals surface area (Å²) >= 11 is 0. The number of furan rings is 1. The summed E-state index contributed by atoms with van der Waals surface area (Å²) in [6.45, 7) is 6.24. The number of nitrogens with zero attached hydrogens (tertiary/aromatic N) is 4. The minimum atomic E-state index is 0. The van der Waals surface area contributed by atoms with Crippen LogP contribution in [0, 0.1) is 32.9 Å². The fourth-order valence-corrected chi connectivity index (χ4v) is 6.21. The molecule has 5 heterocycles. The fraction of sp³-hybridized carbons (Fsp3) is 0.0698. The third-order valence-electron chi connectivity index (χ3n) is 8.65. The summed E-state index contributed by atoms with van der Waals surface area (Å²) in [6, 6.07) is 43.2. The number of aromatic nitrogens is 4. The van der Waals surface area contributed by atoms with Crippen molar-refractivity contribution < 1.29 is 24.5 Å². The molecule has 49 heavy (non-hydrogen) atoms. The van der Waals surface area contributed by atoms with Crippen molar-refractivity contribution in [2.75, 3.05) is 0 Å². The zero-order valence-corrected chi connectivity index (χ0v) is 29.5. The third kappa shape index (κ3) is 6.13. The largest absolute Gasteiger partial charge is 0.498 e. The van der Waals surface area contributed by atoms with Gasteiger partial charge in [0.2, 0.25) is 0 Å². The molecule has 4 aromatic carbocycles. The normalized spacial score (nSPS) is 11.0. The summed E-state index contributed by atoms with van der Waals surface area (Å²) in [5.74, 6) is 0. The van der Waals surface area contributed by atoms with Crippen molar-refractivity contribution in [3.05, 3.63) is 157 Å². The van der Waals surface area contributed by atoms with Crippen molar-refractivity contribution in [2.45, 2.75) is 20.8 Å². The van der Waals surface area contributed by atoms with Crippen molar-refractivity contribution in [3.63, 3.8) is 0 Å². The quantitative estimate of drug-likeness (QED) is 0.166. The van der Waals surface area contributed by atoms with Crippen LogP contribution < -0.4 is 0 Å². The van der Waals surface area contributed by atoms with Crippen molar-refractivity contribution in [1.29, 1.82) is 0 Å². The van der Waals surface area contributed by atoms with Crippen LogP contribution >= 0.6 is 0 Å². The maximum absolute atomic E-state index is 6.52. The topological polar surface area (TPSA) is 64.7 Å². The van der Waals surface area contributed by atoms with Crippen LogP contribution in [0.1, 0.15) is 16.8 Å². The first-order valence-corrected chi connectivity index (χ1v) is 15.9. The molecule has 5 aromatic heterocycles. The van der Waals surface area contributed by atoms with E-state index in [0.717, 1.165) is 83.1 Å². The molecule has 0 atom stereocenters. The maximum atomic E-state index is 6.52. The number of aryl methyl sites for hydroxylation is 3. The molecule has 0 saturated heterocycles. The van der Waals surface area contributed by atoms with E-state index in [1.54, 1.807) is 6.20 Å². The van der Waals surface area contributed by atoms with Gasteiger partial charge in [-0.15, -0.1) is 54.1 Å². The van der Waals surface area contributed by atoms with E-state index in [-0.39, 0.29) is 20.1 Å². The zero-order valence-electron chi connectivity index (χ0n) is 27.2. The van der Waals surface area contributed by atoms with E-state index in [1.807, 2.05) is 80.0 Å². The van der Waals surface area contributed by atoms with Gasteiger partial charge in [0.05, 0.1) is 11.1 Å². The molecule has 9 rings (SSSR count). The van der Waals surface area contributed by atoms with Crippen LogP contribution in [0.15, 0.2) is 132 Å². The Morgan fingerprint density at radius 3 is 2.24 bits per heavy atom. The van der Waals surface area contributed by atoms with Gasteiger partial charge in [-0.3, -0.25) is 4.98 Å². The van der Waals surface area contributed by atoms with Gasteiger partial charge >= 0.3 is 0 Å². The number of rotatable bonds is 3. The van der Waals surface area contributed by atoms with Crippen molar-refractivity contribution >= 4 is 43.7 Å². The minimum Gasteiger partial charge on any atom is -0.498 e. The zero-order chi connectivity index (χ0) is 32.6. The summed E-state index contributed by atoms with van der Waals surface area (Å²) in [6.07, 6.45) is 5.56. The van der Waals surface area contributed by atoms with Crippen LogP contribution in [0.3, 0.4) is 0 Å². The van der Waals surface area contributed by atoms with Crippen molar-refractivity contribution in [1.82, 2.24) is 19.9 Å². The summed E-state index contributed by atoms with van der Waals surface area (Å²) in [5.41, 5.74) is 12.8. The molecule has 0 spiro atoms. The van der Waals surface area contributed by atoms with Gasteiger partial charge in [-0.25, -0.2) is 4.98 Å². The Kier molecular flexibility index (Phi) is 8.83. The summed E-state index contributed by atoms with van der Waals surface area (Å²) in [4.78, 5) is 18.3. The van der Waals surface area contributed by atoms with Crippen LogP contribution in [0.5, 0.6) is 0 Å². The van der Waals surface area contributed by atoms with Gasteiger partial charge in [-0.2, -0.15) is 0 Å². The van der Waals surface area contributed by atoms with Crippen LogP contribution in [0.25, 0.3) is 77.4 Å². The Morgan fingerprint density at radius 1 is 0.592 bits per heavy atom. The van der Waals surface area contributed by atoms with Gasteiger partial charge in [0.15, 0.2) is 0 Å². The SMILES string of the molecule is Cc1ccc2ccc3c4cc[c-]c(-c5cc(-c6cc7cccnc7cc6C)c(C)cn5)c4oc3c2n1.[Ir].[c-]1ccccc1-c1ccccn1. The predicted molar refractivity (Wildman–Crippen MR) is 195 cm³/mol. The Hall–Kier alpha value is -5.55. The molecule has 1 radical (unpaired) electrons. The van der Waals surface area contributed by atoms with Crippen LogP contribution in [-0.4, -0.2) is 19.9 Å². The molecule has 0 saturated carbocycles. The Morgan fingerprint density at radius 2 is 1.41 bits per heavy atom. The smallest absolute Gasteiger partial charge is 0.147 e. The van der Waals surface area contributed by atoms with E-state index >= 15 is 0 Å². The Balaban J connectivity index is 0.000000246. The van der Waals surface area contributed by atoms with Gasteiger partial charge in [-0.1, -0.05) is 53.4 Å². The van der Waals surface area contributed by atoms with Gasteiger partial charge in [0.25, 0.3) is 0 Å². The Bertz CT molecular complexity index is 2560. The number of benzene rings is 4. The first kappa shape index (κ1) is 32.0. The number of hydrogen-bond acceptors (Lipinski definition) is 5. The van der Waals surface area contributed by atoms with E-state index < -0.39 is 0 Å². The first-order chi connectivity index (χ1) is 23.5. The van der Waals surface area contributed by atoms with Gasteiger partial charge in [0.1, 0.15) is 11.1 Å². The second-order valence-corrected chi connectivity index (χ2v) is 11.9. The molecule has 0 N–H and O–H groups in total. The van der Waals surface area contributed by atoms with E-state index in [1.165, 1.54) is 11.1 Å². The molecule has 0 unspecified atom stereocenters. The maximum Gasteiger partial charge on any atom is 0.147 e. The monoisotopic (exact) mass is 811 g/mol. The third-order valence-corrected chi connectivity index (χ3v) is 8.65. The molecular weight excluding hydrogens is 781 g/mol. The molecule has 0 fully saturated rings. The van der Waals surface area contributed by atoms with Crippen LogP contribution in [-0.2, 0) is 20.1 Å². The first-order valence-electron chi connectivity index (χ1n) is 15.9. The van der Waals surface area contributed by atoms with Crippen molar-refractivity contribution in [3.8, 4) is 33.6 Å². The van der Waals surface area contributed by atoms with Gasteiger partial charge in [-0.05, 0) is 84.7 Å². The molecule has 6 heteroatoms. The average Bonchev–Trinajstić information content (AvgIpc) is 3.52. The molecule has 0 bridgehead atoms. The van der Waals surface area contributed by atoms with E-state index in [4.69, 9.17) is 14.4 Å². The van der Waals surface area contributed by atoms with Crippen LogP contribution in [0.2, 0.25) is 0 Å². The number of fused-ring (bicyclic) bond motifs is 6. The van der Waals surface area contributed by atoms with Gasteiger partial charge in [0, 0.05) is 60.5 Å². The molecule has 0 aliphatic rings. The van der Waals surface area contributed by atoms with Crippen molar-refractivity contribution in [2.24, 2.45) is 0 Å². The summed E-state index contributed by atoms with van der Waals surface area (Å²) in [5, 5.41) is 4.28. The van der Waals surface area contributed by atoms with E-state index in [2.05, 4.69) is 84.5 Å². The summed E-state index contributed by atoms with van der Waals surface area (Å²) in [7, 11) is 0. The average molecular weight is 811 g/mol. The number of hydrogen-bond donors (Lipinski definition) is 0. The molecule has 0 aliphatic carbocycles. The second kappa shape index (κ2) is 13.5. The molecule has 239 valence electrons. The fourth-order valence-electron chi connectivity index (χ4n) is 6.21. The predicted octanol–water partition coefficient (Wildman–Crippen LogP) is 10.7. The molecule has 5 nitrogen and oxygen atoms in total. The standard InChI is InChI=1S/C32H22N3O.C11H8N.Ir/c1-18-14-28-22(6-5-13-33-28)15-26(18)27-16-29(34-17-19(27)2)25-8-4-7-23-24-12-11-21-10-9-20(3)35-30(21)32(24)36-31(23)25;1-2-6-10(7-3-1)11-8-4-5-9-12-11;/h4-7,9-17H,1-3H3;1-6,8-9H;/q2*-1;. The molecular formula is C43H30IrN4O-2. The molecule has 0 aliphatic heterocycles. The molecule has 9 aromatic rings. The number of pyridine rings is 4. The van der Waals surface area contributed by atoms with E-state index in [0.29, 0.717) is 0 Å². The Labute approximate surface area is 298 Å². The van der Waals surface area contributed by atoms with Gasteiger partial charge < -0.3 is 14.4 Å². The van der Waals surface area contributed by atoms with Crippen LogP contribution in [0.4, 0.5) is 0 Å². The van der Waals surface area contributed by atoms with E-state index in [9.17, 15) is 0 Å². The minimum absolute atomic E-state index is 0. The summed E-state index contributed by atoms with van der Waals surface area (Å²) < 4.78 is 6.52. The second-order valence-electron chi connectivity index (χ2n) is 11.9. The molecule has 0 amide bonds.